The summed E-state index contributed by atoms with van der Waals surface area (Å²) >= 11 is 12.3. The van der Waals surface area contributed by atoms with E-state index in [2.05, 4.69) is 5.10 Å². The molecule has 0 N–H and O–H groups in total. The van der Waals surface area contributed by atoms with Gasteiger partial charge in [0.15, 0.2) is 0 Å². The van der Waals surface area contributed by atoms with Crippen LogP contribution in [0.25, 0.3) is 0 Å². The maximum atomic E-state index is 6.31. The summed E-state index contributed by atoms with van der Waals surface area (Å²) in [4.78, 5) is 0. The van der Waals surface area contributed by atoms with E-state index in [-0.39, 0.29) is 0 Å². The van der Waals surface area contributed by atoms with Crippen LogP contribution in [0.2, 0.25) is 5.02 Å². The smallest absolute Gasteiger partial charge is 0.131 e. The number of methoxy groups -OCH3 is 1. The van der Waals surface area contributed by atoms with E-state index in [1.54, 1.807) is 11.8 Å². The fourth-order valence-electron chi connectivity index (χ4n) is 2.05. The molecule has 0 aliphatic rings. The van der Waals surface area contributed by atoms with Crippen LogP contribution in [0.1, 0.15) is 23.9 Å². The predicted molar refractivity (Wildman–Crippen MR) is 84.5 cm³/mol. The van der Waals surface area contributed by atoms with Crippen molar-refractivity contribution < 1.29 is 9.47 Å². The highest BCUT2D eigenvalue weighted by molar-refractivity contribution is 6.31. The van der Waals surface area contributed by atoms with E-state index >= 15 is 0 Å². The van der Waals surface area contributed by atoms with Gasteiger partial charge in [0.2, 0.25) is 0 Å². The minimum Gasteiger partial charge on any atom is -0.497 e. The van der Waals surface area contributed by atoms with Crippen LogP contribution in [0.5, 0.6) is 11.5 Å². The molecular formula is C15H18Cl2N2O2. The fourth-order valence-corrected chi connectivity index (χ4v) is 2.61. The molecule has 2 rings (SSSR count). The number of benzene rings is 1. The van der Waals surface area contributed by atoms with Gasteiger partial charge >= 0.3 is 0 Å². The molecule has 2 aromatic rings. The Hall–Kier alpha value is -1.39. The molecule has 0 saturated carbocycles. The first kappa shape index (κ1) is 16.0. The third-order valence-corrected chi connectivity index (χ3v) is 4.00. The Labute approximate surface area is 134 Å². The van der Waals surface area contributed by atoms with Crippen molar-refractivity contribution >= 4 is 23.2 Å². The molecule has 0 amide bonds. The van der Waals surface area contributed by atoms with Crippen LogP contribution in [0.4, 0.5) is 0 Å². The number of halogens is 2. The van der Waals surface area contributed by atoms with Crippen molar-refractivity contribution in [1.29, 1.82) is 0 Å². The third kappa shape index (κ3) is 3.44. The molecule has 0 aliphatic heterocycles. The van der Waals surface area contributed by atoms with Gasteiger partial charge in [0.05, 0.1) is 29.4 Å². The Morgan fingerprint density at radius 1 is 1.33 bits per heavy atom. The standard InChI is InChI=1S/C15H18Cl2N2O2/c1-4-12-15(17)13(19(2)18-12)9-21-14-6-5-11(20-3)7-10(14)8-16/h5-7H,4,8-9H2,1-3H3. The Kier molecular flexibility index (Phi) is 5.37. The highest BCUT2D eigenvalue weighted by atomic mass is 35.5. The van der Waals surface area contributed by atoms with Gasteiger partial charge in [0.1, 0.15) is 18.1 Å². The zero-order valence-corrected chi connectivity index (χ0v) is 13.8. The van der Waals surface area contributed by atoms with Crippen molar-refractivity contribution in [2.24, 2.45) is 7.05 Å². The zero-order valence-electron chi connectivity index (χ0n) is 12.3. The summed E-state index contributed by atoms with van der Waals surface area (Å²) in [6.07, 6.45) is 0.794. The first-order valence-corrected chi connectivity index (χ1v) is 7.57. The second-order valence-corrected chi connectivity index (χ2v) is 5.23. The molecular weight excluding hydrogens is 311 g/mol. The maximum absolute atomic E-state index is 6.31. The summed E-state index contributed by atoms with van der Waals surface area (Å²) in [5.74, 6) is 1.83. The van der Waals surface area contributed by atoms with Gasteiger partial charge in [-0.05, 0) is 24.6 Å². The van der Waals surface area contributed by atoms with E-state index in [1.165, 1.54) is 0 Å². The van der Waals surface area contributed by atoms with Gasteiger partial charge in [-0.15, -0.1) is 11.6 Å². The molecule has 0 radical (unpaired) electrons. The van der Waals surface area contributed by atoms with E-state index in [4.69, 9.17) is 32.7 Å². The van der Waals surface area contributed by atoms with Crippen LogP contribution in [-0.4, -0.2) is 16.9 Å². The maximum Gasteiger partial charge on any atom is 0.131 e. The third-order valence-electron chi connectivity index (χ3n) is 3.28. The van der Waals surface area contributed by atoms with Crippen LogP contribution in [0.3, 0.4) is 0 Å². The highest BCUT2D eigenvalue weighted by Gasteiger charge is 2.14. The lowest BCUT2D eigenvalue weighted by molar-refractivity contribution is 0.292. The van der Waals surface area contributed by atoms with Gasteiger partial charge < -0.3 is 9.47 Å². The van der Waals surface area contributed by atoms with Crippen molar-refractivity contribution in [2.75, 3.05) is 7.11 Å². The first-order chi connectivity index (χ1) is 10.1. The average Bonchev–Trinajstić information content (AvgIpc) is 2.79. The molecule has 0 spiro atoms. The van der Waals surface area contributed by atoms with Gasteiger partial charge in [-0.25, -0.2) is 0 Å². The summed E-state index contributed by atoms with van der Waals surface area (Å²) in [6.45, 7) is 2.37. The molecule has 0 atom stereocenters. The van der Waals surface area contributed by atoms with Gasteiger partial charge in [-0.1, -0.05) is 18.5 Å². The first-order valence-electron chi connectivity index (χ1n) is 6.66. The lowest BCUT2D eigenvalue weighted by Crippen LogP contribution is -2.04. The highest BCUT2D eigenvalue weighted by Crippen LogP contribution is 2.28. The van der Waals surface area contributed by atoms with Crippen LogP contribution in [0.15, 0.2) is 18.2 Å². The predicted octanol–water partition coefficient (Wildman–Crippen LogP) is 3.96. The van der Waals surface area contributed by atoms with Gasteiger partial charge in [0.25, 0.3) is 0 Å². The largest absolute Gasteiger partial charge is 0.497 e. The molecule has 4 nitrogen and oxygen atoms in total. The van der Waals surface area contributed by atoms with Crippen LogP contribution in [0, 0.1) is 0 Å². The van der Waals surface area contributed by atoms with Crippen LogP contribution >= 0.6 is 23.2 Å². The van der Waals surface area contributed by atoms with Crippen LogP contribution < -0.4 is 9.47 Å². The lowest BCUT2D eigenvalue weighted by Gasteiger charge is -2.11. The number of hydrogen-bond acceptors (Lipinski definition) is 3. The molecule has 0 saturated heterocycles. The molecule has 1 aromatic heterocycles. The monoisotopic (exact) mass is 328 g/mol. The molecule has 0 aliphatic carbocycles. The molecule has 0 bridgehead atoms. The molecule has 1 aromatic carbocycles. The minimum absolute atomic E-state index is 0.346. The Morgan fingerprint density at radius 2 is 2.10 bits per heavy atom. The molecule has 1 heterocycles. The number of aryl methyl sites for hydroxylation is 2. The minimum atomic E-state index is 0.346. The number of rotatable bonds is 6. The van der Waals surface area contributed by atoms with Crippen molar-refractivity contribution in [3.05, 3.63) is 40.2 Å². The number of hydrogen-bond donors (Lipinski definition) is 0. The van der Waals surface area contributed by atoms with Crippen molar-refractivity contribution in [3.63, 3.8) is 0 Å². The number of ether oxygens (including phenoxy) is 2. The van der Waals surface area contributed by atoms with Crippen molar-refractivity contribution in [1.82, 2.24) is 9.78 Å². The number of nitrogens with zero attached hydrogens (tertiary/aromatic N) is 2. The number of alkyl halides is 1. The quantitative estimate of drug-likeness (QED) is 0.753. The van der Waals surface area contributed by atoms with E-state index in [0.29, 0.717) is 17.5 Å². The van der Waals surface area contributed by atoms with E-state index < -0.39 is 0 Å². The molecule has 21 heavy (non-hydrogen) atoms. The summed E-state index contributed by atoms with van der Waals surface area (Å²) in [6, 6.07) is 5.56. The Balaban J connectivity index is 2.18. The lowest BCUT2D eigenvalue weighted by atomic mass is 10.2. The van der Waals surface area contributed by atoms with Crippen molar-refractivity contribution in [3.8, 4) is 11.5 Å². The summed E-state index contributed by atoms with van der Waals surface area (Å²) in [5.41, 5.74) is 2.61. The van der Waals surface area contributed by atoms with Crippen molar-refractivity contribution in [2.45, 2.75) is 25.8 Å². The van der Waals surface area contributed by atoms with E-state index in [0.717, 1.165) is 34.9 Å². The molecule has 6 heteroatoms. The van der Waals surface area contributed by atoms with Gasteiger partial charge in [0, 0.05) is 12.6 Å². The number of aromatic nitrogens is 2. The van der Waals surface area contributed by atoms with E-state index in [9.17, 15) is 0 Å². The summed E-state index contributed by atoms with van der Waals surface area (Å²) in [7, 11) is 3.48. The van der Waals surface area contributed by atoms with E-state index in [1.807, 2.05) is 32.2 Å². The van der Waals surface area contributed by atoms with Gasteiger partial charge in [-0.2, -0.15) is 5.10 Å². The SMILES string of the molecule is CCc1nn(C)c(COc2ccc(OC)cc2CCl)c1Cl. The molecule has 0 fully saturated rings. The van der Waals surface area contributed by atoms with Gasteiger partial charge in [-0.3, -0.25) is 4.68 Å². The average molecular weight is 329 g/mol. The topological polar surface area (TPSA) is 36.3 Å². The summed E-state index contributed by atoms with van der Waals surface area (Å²) < 4.78 is 12.8. The normalized spacial score (nSPS) is 10.7. The Bertz CT molecular complexity index is 626. The Morgan fingerprint density at radius 3 is 2.67 bits per heavy atom. The second-order valence-electron chi connectivity index (χ2n) is 4.58. The second kappa shape index (κ2) is 7.05. The fraction of sp³-hybridized carbons (Fsp3) is 0.400. The van der Waals surface area contributed by atoms with Crippen LogP contribution in [-0.2, 0) is 26.0 Å². The zero-order chi connectivity index (χ0) is 15.4. The summed E-state index contributed by atoms with van der Waals surface area (Å²) in [5, 5.41) is 5.04. The molecule has 0 unspecified atom stereocenters. The molecule has 114 valence electrons.